The van der Waals surface area contributed by atoms with Crippen LogP contribution in [0.15, 0.2) is 186 Å². The zero-order valence-electron chi connectivity index (χ0n) is 31.2. The third-order valence-corrected chi connectivity index (χ3v) is 12.6. The Kier molecular flexibility index (Phi) is 6.46. The molecule has 0 saturated carbocycles. The van der Waals surface area contributed by atoms with Gasteiger partial charge in [0.25, 0.3) is 0 Å². The van der Waals surface area contributed by atoms with Crippen molar-refractivity contribution in [2.75, 3.05) is 0 Å². The van der Waals surface area contributed by atoms with Crippen LogP contribution in [0, 0.1) is 0 Å². The summed E-state index contributed by atoms with van der Waals surface area (Å²) in [5.74, 6) is 0. The summed E-state index contributed by atoms with van der Waals surface area (Å²) in [5, 5.41) is 12.4. The van der Waals surface area contributed by atoms with E-state index in [2.05, 4.69) is 196 Å². The van der Waals surface area contributed by atoms with E-state index in [0.717, 1.165) is 11.2 Å². The highest BCUT2D eigenvalue weighted by Crippen LogP contribution is 2.53. The molecule has 0 radical (unpaired) electrons. The van der Waals surface area contributed by atoms with Gasteiger partial charge in [0.1, 0.15) is 11.2 Å². The SMILES string of the molecule is CC1(C)c2ccc(-c3c4ccccc4c(-c4cccc(-c5ccc6ccccc6c5)c4)c4ccccc34)cc2-c2cc3c(cc21)oc1ccc2ccccc2c13. The van der Waals surface area contributed by atoms with Gasteiger partial charge in [-0.25, -0.2) is 0 Å². The van der Waals surface area contributed by atoms with Gasteiger partial charge in [0.05, 0.1) is 0 Å². The van der Waals surface area contributed by atoms with Crippen molar-refractivity contribution >= 4 is 65.0 Å². The van der Waals surface area contributed by atoms with Crippen LogP contribution in [-0.2, 0) is 5.41 Å². The maximum absolute atomic E-state index is 6.56. The maximum atomic E-state index is 6.56. The smallest absolute Gasteiger partial charge is 0.136 e. The van der Waals surface area contributed by atoms with E-state index in [1.54, 1.807) is 0 Å². The minimum atomic E-state index is -0.164. The lowest BCUT2D eigenvalue weighted by atomic mass is 9.81. The number of rotatable bonds is 3. The number of benzene rings is 10. The summed E-state index contributed by atoms with van der Waals surface area (Å²) in [4.78, 5) is 0. The Morgan fingerprint density at radius 1 is 0.339 bits per heavy atom. The molecular weight excluding hydrogens is 677 g/mol. The Morgan fingerprint density at radius 2 is 0.893 bits per heavy atom. The van der Waals surface area contributed by atoms with Gasteiger partial charge >= 0.3 is 0 Å². The molecule has 0 saturated heterocycles. The van der Waals surface area contributed by atoms with Crippen molar-refractivity contribution in [3.8, 4) is 44.5 Å². The molecule has 1 heterocycles. The molecule has 262 valence electrons. The van der Waals surface area contributed by atoms with Crippen LogP contribution in [0.4, 0.5) is 0 Å². The molecule has 1 aliphatic carbocycles. The summed E-state index contributed by atoms with van der Waals surface area (Å²) in [6.07, 6.45) is 0. The lowest BCUT2D eigenvalue weighted by Gasteiger charge is -2.22. The molecule has 0 fully saturated rings. The second kappa shape index (κ2) is 11.5. The molecule has 11 aromatic rings. The Labute approximate surface area is 325 Å². The van der Waals surface area contributed by atoms with E-state index in [1.807, 2.05) is 0 Å². The molecule has 0 unspecified atom stereocenters. The number of fused-ring (bicyclic) bond motifs is 11. The van der Waals surface area contributed by atoms with Gasteiger partial charge in [0.15, 0.2) is 0 Å². The van der Waals surface area contributed by atoms with E-state index in [0.29, 0.717) is 0 Å². The summed E-state index contributed by atoms with van der Waals surface area (Å²) in [6, 6.07) is 67.3. The summed E-state index contributed by atoms with van der Waals surface area (Å²) in [6.45, 7) is 4.71. The van der Waals surface area contributed by atoms with Crippen LogP contribution in [0.1, 0.15) is 25.0 Å². The quantitative estimate of drug-likeness (QED) is 0.166. The molecule has 1 heteroatoms. The first-order valence-electron chi connectivity index (χ1n) is 19.6. The fourth-order valence-electron chi connectivity index (χ4n) is 9.92. The van der Waals surface area contributed by atoms with E-state index in [-0.39, 0.29) is 5.41 Å². The first kappa shape index (κ1) is 31.4. The van der Waals surface area contributed by atoms with E-state index in [1.165, 1.54) is 109 Å². The third kappa shape index (κ3) is 4.43. The fraction of sp³-hybridized carbons (Fsp3) is 0.0545. The minimum Gasteiger partial charge on any atom is -0.456 e. The number of furan rings is 1. The normalized spacial score (nSPS) is 13.3. The van der Waals surface area contributed by atoms with Crippen LogP contribution >= 0.6 is 0 Å². The monoisotopic (exact) mass is 712 g/mol. The van der Waals surface area contributed by atoms with E-state index in [4.69, 9.17) is 4.42 Å². The standard InChI is InChI=1S/C55H36O/c1-55(2)48-26-24-39(30-45(48)46-31-47-51(32-49(46)55)56-50-27-25-34-13-5-6-17-40(34)54(47)50)53-43-20-9-7-18-41(43)52(42-19-8-10-21-44(42)53)38-16-11-15-36(29-38)37-23-22-33-12-3-4-14-35(33)28-37/h3-32H,1-2H3. The second-order valence-electron chi connectivity index (χ2n) is 16.0. The van der Waals surface area contributed by atoms with Crippen LogP contribution in [0.3, 0.4) is 0 Å². The zero-order chi connectivity index (χ0) is 37.1. The van der Waals surface area contributed by atoms with Crippen molar-refractivity contribution < 1.29 is 4.42 Å². The molecule has 56 heavy (non-hydrogen) atoms. The largest absolute Gasteiger partial charge is 0.456 e. The first-order valence-corrected chi connectivity index (χ1v) is 19.6. The topological polar surface area (TPSA) is 13.1 Å². The summed E-state index contributed by atoms with van der Waals surface area (Å²) >= 11 is 0. The zero-order valence-corrected chi connectivity index (χ0v) is 31.2. The lowest BCUT2D eigenvalue weighted by molar-refractivity contribution is 0.647. The van der Waals surface area contributed by atoms with Crippen LogP contribution in [0.5, 0.6) is 0 Å². The molecule has 0 spiro atoms. The van der Waals surface area contributed by atoms with Gasteiger partial charge in [-0.3, -0.25) is 0 Å². The molecule has 0 atom stereocenters. The van der Waals surface area contributed by atoms with E-state index >= 15 is 0 Å². The van der Waals surface area contributed by atoms with Crippen molar-refractivity contribution in [2.24, 2.45) is 0 Å². The molecule has 1 nitrogen and oxygen atoms in total. The third-order valence-electron chi connectivity index (χ3n) is 12.6. The van der Waals surface area contributed by atoms with Crippen LogP contribution in [0.25, 0.3) is 110 Å². The number of hydrogen-bond acceptors (Lipinski definition) is 1. The molecule has 10 aromatic carbocycles. The summed E-state index contributed by atoms with van der Waals surface area (Å²) in [5.41, 5.74) is 14.5. The molecule has 1 aromatic heterocycles. The molecule has 1 aliphatic rings. The average molecular weight is 713 g/mol. The van der Waals surface area contributed by atoms with Gasteiger partial charge in [-0.1, -0.05) is 159 Å². The van der Waals surface area contributed by atoms with E-state index in [9.17, 15) is 0 Å². The molecular formula is C55H36O. The Balaban J connectivity index is 1.07. The minimum absolute atomic E-state index is 0.164. The Bertz CT molecular complexity index is 3390. The van der Waals surface area contributed by atoms with Crippen molar-refractivity contribution in [3.05, 3.63) is 193 Å². The van der Waals surface area contributed by atoms with Crippen LogP contribution < -0.4 is 0 Å². The predicted molar refractivity (Wildman–Crippen MR) is 238 cm³/mol. The highest BCUT2D eigenvalue weighted by Gasteiger charge is 2.37. The average Bonchev–Trinajstić information content (AvgIpc) is 3.72. The predicted octanol–water partition coefficient (Wildman–Crippen LogP) is 15.5. The first-order chi connectivity index (χ1) is 27.5. The molecule has 0 bridgehead atoms. The highest BCUT2D eigenvalue weighted by molar-refractivity contribution is 6.22. The van der Waals surface area contributed by atoms with Gasteiger partial charge in [0, 0.05) is 16.2 Å². The lowest BCUT2D eigenvalue weighted by Crippen LogP contribution is -2.14. The van der Waals surface area contributed by atoms with Crippen molar-refractivity contribution in [1.29, 1.82) is 0 Å². The van der Waals surface area contributed by atoms with Gasteiger partial charge in [-0.2, -0.15) is 0 Å². The van der Waals surface area contributed by atoms with Gasteiger partial charge in [-0.15, -0.1) is 0 Å². The maximum Gasteiger partial charge on any atom is 0.136 e. The van der Waals surface area contributed by atoms with Crippen LogP contribution in [-0.4, -0.2) is 0 Å². The van der Waals surface area contributed by atoms with Gasteiger partial charge in [0.2, 0.25) is 0 Å². The van der Waals surface area contributed by atoms with Crippen molar-refractivity contribution in [1.82, 2.24) is 0 Å². The summed E-state index contributed by atoms with van der Waals surface area (Å²) in [7, 11) is 0. The number of hydrogen-bond donors (Lipinski definition) is 0. The van der Waals surface area contributed by atoms with Crippen LogP contribution in [0.2, 0.25) is 0 Å². The highest BCUT2D eigenvalue weighted by atomic mass is 16.3. The molecule has 12 rings (SSSR count). The Morgan fingerprint density at radius 3 is 1.62 bits per heavy atom. The van der Waals surface area contributed by atoms with E-state index < -0.39 is 0 Å². The molecule has 0 aliphatic heterocycles. The Hall–Kier alpha value is -6.96. The molecule has 0 N–H and O–H groups in total. The fourth-order valence-corrected chi connectivity index (χ4v) is 9.92. The van der Waals surface area contributed by atoms with Gasteiger partial charge in [-0.05, 0) is 135 Å². The van der Waals surface area contributed by atoms with Crippen molar-refractivity contribution in [2.45, 2.75) is 19.3 Å². The summed E-state index contributed by atoms with van der Waals surface area (Å²) < 4.78 is 6.56. The van der Waals surface area contributed by atoms with Gasteiger partial charge < -0.3 is 4.42 Å². The molecule has 0 amide bonds. The second-order valence-corrected chi connectivity index (χ2v) is 16.0. The van der Waals surface area contributed by atoms with Crippen molar-refractivity contribution in [3.63, 3.8) is 0 Å².